The first-order valence-electron chi connectivity index (χ1n) is 6.50. The zero-order valence-corrected chi connectivity index (χ0v) is 5.00. The van der Waals surface area contributed by atoms with Crippen LogP contribution in [0.4, 0.5) is 0 Å². The molecule has 1 heteroatoms. The molecule has 0 aromatic heterocycles. The Labute approximate surface area is 62.7 Å². The Morgan fingerprint density at radius 1 is 1.62 bits per heavy atom. The van der Waals surface area contributed by atoms with Crippen molar-refractivity contribution < 1.29 is 11.0 Å². The third kappa shape index (κ3) is 1.48. The first-order chi connectivity index (χ1) is 6.71. The first-order valence-corrected chi connectivity index (χ1v) is 2.50. The van der Waals surface area contributed by atoms with Crippen LogP contribution >= 0.6 is 0 Å². The highest BCUT2D eigenvalue weighted by molar-refractivity contribution is 4.71. The summed E-state index contributed by atoms with van der Waals surface area (Å²) in [6.07, 6.45) is -5.46. The fourth-order valence-electron chi connectivity index (χ4n) is 0.438. The van der Waals surface area contributed by atoms with Gasteiger partial charge in [0.25, 0.3) is 0 Å². The summed E-state index contributed by atoms with van der Waals surface area (Å²) in [6.45, 7) is -0.427. The summed E-state index contributed by atoms with van der Waals surface area (Å²) in [5.41, 5.74) is 0. The summed E-state index contributed by atoms with van der Waals surface area (Å²) in [5.74, 6) is -2.33. The number of nitrogens with one attached hydrogen (secondary N) is 1. The highest BCUT2D eigenvalue weighted by atomic mass is 14.9. The second kappa shape index (κ2) is 2.49. The molecule has 0 amide bonds. The van der Waals surface area contributed by atoms with Crippen LogP contribution in [-0.4, -0.2) is 12.5 Å². The van der Waals surface area contributed by atoms with E-state index in [4.69, 9.17) is 11.0 Å². The van der Waals surface area contributed by atoms with Gasteiger partial charge in [0.05, 0.1) is 0 Å². The summed E-state index contributed by atoms with van der Waals surface area (Å²) in [4.78, 5) is 0. The number of piperidine rings is 1. The van der Waals surface area contributed by atoms with Crippen molar-refractivity contribution in [3.8, 4) is 0 Å². The molecule has 1 fully saturated rings. The lowest BCUT2D eigenvalue weighted by molar-refractivity contribution is 0.343. The van der Waals surface area contributed by atoms with Gasteiger partial charge in [-0.3, -0.25) is 0 Å². The molecule has 0 aliphatic carbocycles. The highest BCUT2D eigenvalue weighted by Gasteiger charge is 2.11. The summed E-state index contributed by atoms with van der Waals surface area (Å²) in [5, 5.41) is 2.07. The molecule has 1 N–H and O–H groups in total. The van der Waals surface area contributed by atoms with Crippen molar-refractivity contribution in [2.24, 2.45) is 5.89 Å². The lowest BCUT2D eigenvalue weighted by Crippen LogP contribution is -2.35. The van der Waals surface area contributed by atoms with Crippen LogP contribution in [0.5, 0.6) is 0 Å². The van der Waals surface area contributed by atoms with Crippen LogP contribution in [0.3, 0.4) is 0 Å². The topological polar surface area (TPSA) is 12.0 Å². The smallest absolute Gasteiger partial charge is 0.0462 e. The van der Waals surface area contributed by atoms with Crippen LogP contribution in [0.15, 0.2) is 0 Å². The molecule has 0 spiro atoms. The lowest BCUT2D eigenvalue weighted by atomic mass is 9.98. The molecule has 48 valence electrons. The number of rotatable bonds is 0. The van der Waals surface area contributed by atoms with Gasteiger partial charge in [-0.1, -0.05) is 6.92 Å². The Morgan fingerprint density at radius 3 is 3.12 bits per heavy atom. The summed E-state index contributed by atoms with van der Waals surface area (Å²) < 4.78 is 61.0. The van der Waals surface area contributed by atoms with E-state index >= 15 is 0 Å². The van der Waals surface area contributed by atoms with Crippen molar-refractivity contribution in [3.05, 3.63) is 0 Å². The average Bonchev–Trinajstić information content (AvgIpc) is 1.98. The second-order valence-corrected chi connectivity index (χ2v) is 1.75. The van der Waals surface area contributed by atoms with Gasteiger partial charge in [0.2, 0.25) is 0 Å². The molecule has 0 radical (unpaired) electrons. The van der Waals surface area contributed by atoms with Crippen molar-refractivity contribution in [2.75, 3.05) is 6.50 Å². The molecule has 1 nitrogen and oxygen atoms in total. The molecule has 8 heavy (non-hydrogen) atoms. The predicted octanol–water partition coefficient (Wildman–Crippen LogP) is 1.39. The normalized spacial score (nSPS) is 91.8. The molecule has 2 unspecified atom stereocenters. The summed E-state index contributed by atoms with van der Waals surface area (Å²) >= 11 is 0. The Morgan fingerprint density at radius 2 is 2.38 bits per heavy atom. The molecule has 0 aromatic rings. The molecular formula is C7H15N. The fourth-order valence-corrected chi connectivity index (χ4v) is 0.438. The van der Waals surface area contributed by atoms with Crippen LogP contribution in [0.25, 0.3) is 0 Å². The van der Waals surface area contributed by atoms with E-state index < -0.39 is 31.2 Å². The summed E-state index contributed by atoms with van der Waals surface area (Å²) in [7, 11) is 0. The van der Waals surface area contributed by atoms with Gasteiger partial charge in [0, 0.05) is 17.0 Å². The third-order valence-electron chi connectivity index (χ3n) is 0.875. The van der Waals surface area contributed by atoms with E-state index in [0.717, 1.165) is 13.8 Å². The van der Waals surface area contributed by atoms with Crippen LogP contribution in [0.2, 0.25) is 0 Å². The lowest BCUT2D eigenvalue weighted by Gasteiger charge is -2.24. The first kappa shape index (κ1) is 1.51. The summed E-state index contributed by atoms with van der Waals surface area (Å²) in [6, 6.07) is -2.14. The SMILES string of the molecule is [2H]C1([2H])NC([2H])(C)C([2H])([2H])C([2H])([2H])C1([2H])C. The number of hydrogen-bond donors (Lipinski definition) is 1. The largest absolute Gasteiger partial charge is 0.314 e. The van der Waals surface area contributed by atoms with E-state index in [1.165, 1.54) is 0 Å². The molecule has 1 aliphatic rings. The van der Waals surface area contributed by atoms with Crippen LogP contribution in [0.1, 0.15) is 37.6 Å². The van der Waals surface area contributed by atoms with E-state index in [-0.39, 0.29) is 0 Å². The van der Waals surface area contributed by atoms with E-state index in [9.17, 15) is 0 Å². The Balaban J connectivity index is 3.43. The second-order valence-electron chi connectivity index (χ2n) is 1.75. The van der Waals surface area contributed by atoms with Crippen molar-refractivity contribution in [2.45, 2.75) is 32.6 Å². The Bertz CT molecular complexity index is 280. The maximum atomic E-state index is 7.73. The van der Waals surface area contributed by atoms with Gasteiger partial charge in [-0.25, -0.2) is 0 Å². The van der Waals surface area contributed by atoms with Crippen LogP contribution in [-0.2, 0) is 0 Å². The van der Waals surface area contributed by atoms with E-state index in [2.05, 4.69) is 5.32 Å². The minimum absolute atomic E-state index is 0.993. The third-order valence-corrected chi connectivity index (χ3v) is 0.875. The van der Waals surface area contributed by atoms with Crippen LogP contribution in [0, 0.1) is 5.89 Å². The molecule has 1 heterocycles. The minimum Gasteiger partial charge on any atom is -0.314 e. The molecule has 1 aliphatic heterocycles. The molecule has 1 rings (SSSR count). The van der Waals surface area contributed by atoms with E-state index in [1.54, 1.807) is 0 Å². The Hall–Kier alpha value is -0.0400. The maximum absolute atomic E-state index is 7.73. The Kier molecular flexibility index (Phi) is 0.472. The van der Waals surface area contributed by atoms with Gasteiger partial charge in [-0.15, -0.1) is 0 Å². The van der Waals surface area contributed by atoms with Gasteiger partial charge >= 0.3 is 0 Å². The predicted molar refractivity (Wildman–Crippen MR) is 35.9 cm³/mol. The molecule has 2 atom stereocenters. The van der Waals surface area contributed by atoms with Gasteiger partial charge < -0.3 is 5.32 Å². The zero-order chi connectivity index (χ0) is 13.2. The maximum Gasteiger partial charge on any atom is 0.0462 e. The van der Waals surface area contributed by atoms with Crippen molar-refractivity contribution in [1.82, 2.24) is 5.32 Å². The minimum atomic E-state index is -2.79. The molecule has 0 bridgehead atoms. The van der Waals surface area contributed by atoms with Crippen molar-refractivity contribution in [3.63, 3.8) is 0 Å². The quantitative estimate of drug-likeness (QED) is 0.511. The molecule has 0 aromatic carbocycles. The monoisotopic (exact) mass is 121 g/mol. The van der Waals surface area contributed by atoms with Crippen LogP contribution < -0.4 is 5.32 Å². The van der Waals surface area contributed by atoms with E-state index in [0.29, 0.717) is 0 Å². The number of hydrogen-bond acceptors (Lipinski definition) is 1. The standard InChI is InChI=1S/C7H15N/c1-6-3-4-7(2)8-5-6/h6-8H,3-5H2,1-2H3/i3D2,4D2,5D2,6D,7D. The molecule has 1 saturated heterocycles. The van der Waals surface area contributed by atoms with Crippen molar-refractivity contribution >= 4 is 0 Å². The van der Waals surface area contributed by atoms with E-state index in [1.807, 2.05) is 0 Å². The van der Waals surface area contributed by atoms with Gasteiger partial charge in [-0.2, -0.15) is 0 Å². The van der Waals surface area contributed by atoms with Gasteiger partial charge in [0.15, 0.2) is 0 Å². The average molecular weight is 121 g/mol. The zero-order valence-electron chi connectivity index (χ0n) is 13.0. The highest BCUT2D eigenvalue weighted by Crippen LogP contribution is 2.11. The van der Waals surface area contributed by atoms with Gasteiger partial charge in [0.1, 0.15) is 0 Å². The molecular weight excluding hydrogens is 98.1 g/mol. The van der Waals surface area contributed by atoms with Crippen molar-refractivity contribution in [1.29, 1.82) is 0 Å². The molecule has 0 saturated carbocycles. The van der Waals surface area contributed by atoms with Gasteiger partial charge in [-0.05, 0) is 32.1 Å². The fraction of sp³-hybridized carbons (Fsp3) is 1.00.